The molecule has 0 bridgehead atoms. The highest BCUT2D eigenvalue weighted by atomic mass is 35.5. The van der Waals surface area contributed by atoms with E-state index in [4.69, 9.17) is 21.1 Å². The normalized spacial score (nSPS) is 13.0. The van der Waals surface area contributed by atoms with Gasteiger partial charge in [-0.05, 0) is 29.8 Å². The molecule has 0 atom stereocenters. The van der Waals surface area contributed by atoms with Crippen LogP contribution in [0.15, 0.2) is 36.4 Å². The highest BCUT2D eigenvalue weighted by molar-refractivity contribution is 6.32. The molecule has 1 aromatic heterocycles. The third-order valence-electron chi connectivity index (χ3n) is 3.70. The quantitative estimate of drug-likeness (QED) is 0.807. The standard InChI is InChI=1S/C16H13ClN2O3/c17-11-5-10(6-14-16(11)22-9-21-14)7-19-13-4-2-1-3-12(13)18-15(19)8-20/h1-6,20H,7-9H2. The van der Waals surface area contributed by atoms with Crippen molar-refractivity contribution in [1.29, 1.82) is 0 Å². The van der Waals surface area contributed by atoms with Crippen molar-refractivity contribution in [1.82, 2.24) is 9.55 Å². The summed E-state index contributed by atoms with van der Waals surface area (Å²) in [7, 11) is 0. The van der Waals surface area contributed by atoms with E-state index in [1.165, 1.54) is 0 Å². The first-order valence-corrected chi connectivity index (χ1v) is 7.27. The largest absolute Gasteiger partial charge is 0.454 e. The molecule has 0 saturated carbocycles. The van der Waals surface area contributed by atoms with Gasteiger partial charge in [0.15, 0.2) is 11.5 Å². The molecule has 1 aliphatic heterocycles. The lowest BCUT2D eigenvalue weighted by atomic mass is 10.2. The number of aliphatic hydroxyl groups excluding tert-OH is 1. The van der Waals surface area contributed by atoms with E-state index in [9.17, 15) is 5.11 Å². The Morgan fingerprint density at radius 1 is 1.23 bits per heavy atom. The number of benzene rings is 2. The summed E-state index contributed by atoms with van der Waals surface area (Å²) in [4.78, 5) is 4.45. The number of nitrogens with zero attached hydrogens (tertiary/aromatic N) is 2. The molecule has 3 aromatic rings. The van der Waals surface area contributed by atoms with Gasteiger partial charge in [0.1, 0.15) is 12.4 Å². The molecule has 0 radical (unpaired) electrons. The maximum atomic E-state index is 9.55. The van der Waals surface area contributed by atoms with Crippen LogP contribution in [0.1, 0.15) is 11.4 Å². The molecule has 0 aliphatic carbocycles. The van der Waals surface area contributed by atoms with Crippen LogP contribution in [0.3, 0.4) is 0 Å². The number of rotatable bonds is 3. The number of halogens is 1. The highest BCUT2D eigenvalue weighted by Gasteiger charge is 2.19. The lowest BCUT2D eigenvalue weighted by molar-refractivity contribution is 0.174. The van der Waals surface area contributed by atoms with E-state index in [-0.39, 0.29) is 13.4 Å². The van der Waals surface area contributed by atoms with Gasteiger partial charge in [-0.3, -0.25) is 0 Å². The van der Waals surface area contributed by atoms with E-state index in [1.807, 2.05) is 41.0 Å². The van der Waals surface area contributed by atoms with Gasteiger partial charge in [0.25, 0.3) is 0 Å². The van der Waals surface area contributed by atoms with Gasteiger partial charge in [-0.25, -0.2) is 4.98 Å². The van der Waals surface area contributed by atoms with E-state index in [2.05, 4.69) is 4.98 Å². The second-order valence-electron chi connectivity index (χ2n) is 5.07. The van der Waals surface area contributed by atoms with Crippen LogP contribution in [0.25, 0.3) is 11.0 Å². The SMILES string of the molecule is OCc1nc2ccccc2n1Cc1cc(Cl)c2c(c1)OCO2. The second kappa shape index (κ2) is 5.19. The van der Waals surface area contributed by atoms with Gasteiger partial charge in [-0.2, -0.15) is 0 Å². The third kappa shape index (κ3) is 2.10. The molecule has 0 fully saturated rings. The fourth-order valence-corrected chi connectivity index (χ4v) is 3.00. The monoisotopic (exact) mass is 316 g/mol. The molecular weight excluding hydrogens is 304 g/mol. The van der Waals surface area contributed by atoms with Crippen molar-refractivity contribution in [3.05, 3.63) is 52.8 Å². The summed E-state index contributed by atoms with van der Waals surface area (Å²) in [5.41, 5.74) is 2.80. The molecule has 0 unspecified atom stereocenters. The second-order valence-corrected chi connectivity index (χ2v) is 5.48. The maximum Gasteiger partial charge on any atom is 0.231 e. The topological polar surface area (TPSA) is 56.5 Å². The summed E-state index contributed by atoms with van der Waals surface area (Å²) in [5, 5.41) is 10.1. The summed E-state index contributed by atoms with van der Waals surface area (Å²) in [6.45, 7) is 0.619. The van der Waals surface area contributed by atoms with Crippen molar-refractivity contribution in [2.45, 2.75) is 13.2 Å². The number of hydrogen-bond acceptors (Lipinski definition) is 4. The zero-order valence-electron chi connectivity index (χ0n) is 11.6. The number of hydrogen-bond donors (Lipinski definition) is 1. The molecule has 112 valence electrons. The van der Waals surface area contributed by atoms with Crippen molar-refractivity contribution < 1.29 is 14.6 Å². The molecule has 5 nitrogen and oxygen atoms in total. The van der Waals surface area contributed by atoms with Gasteiger partial charge < -0.3 is 19.1 Å². The van der Waals surface area contributed by atoms with Crippen molar-refractivity contribution in [3.63, 3.8) is 0 Å². The Bertz CT molecular complexity index is 860. The zero-order chi connectivity index (χ0) is 15.1. The van der Waals surface area contributed by atoms with E-state index >= 15 is 0 Å². The van der Waals surface area contributed by atoms with Gasteiger partial charge in [0.05, 0.1) is 16.1 Å². The molecule has 22 heavy (non-hydrogen) atoms. The predicted octanol–water partition coefficient (Wildman–Crippen LogP) is 2.96. The van der Waals surface area contributed by atoms with Gasteiger partial charge in [-0.1, -0.05) is 23.7 Å². The first kappa shape index (κ1) is 13.4. The highest BCUT2D eigenvalue weighted by Crippen LogP contribution is 2.40. The Morgan fingerprint density at radius 2 is 2.09 bits per heavy atom. The first-order valence-electron chi connectivity index (χ1n) is 6.89. The van der Waals surface area contributed by atoms with Crippen LogP contribution in [0.4, 0.5) is 0 Å². The minimum absolute atomic E-state index is 0.118. The van der Waals surface area contributed by atoms with Gasteiger partial charge >= 0.3 is 0 Å². The molecular formula is C16H13ClN2O3. The third-order valence-corrected chi connectivity index (χ3v) is 3.98. The van der Waals surface area contributed by atoms with Crippen LogP contribution < -0.4 is 9.47 Å². The van der Waals surface area contributed by atoms with Gasteiger partial charge in [0, 0.05) is 6.54 Å². The fraction of sp³-hybridized carbons (Fsp3) is 0.188. The molecule has 2 aromatic carbocycles. The summed E-state index contributed by atoms with van der Waals surface area (Å²) in [6.07, 6.45) is 0. The fourth-order valence-electron chi connectivity index (χ4n) is 2.72. The van der Waals surface area contributed by atoms with Crippen LogP contribution in [-0.2, 0) is 13.2 Å². The lowest BCUT2D eigenvalue weighted by Gasteiger charge is -2.09. The number of aliphatic hydroxyl groups is 1. The summed E-state index contributed by atoms with van der Waals surface area (Å²) >= 11 is 6.23. The smallest absolute Gasteiger partial charge is 0.231 e. The molecule has 0 spiro atoms. The molecule has 0 saturated heterocycles. The van der Waals surface area contributed by atoms with E-state index in [0.717, 1.165) is 16.6 Å². The molecule has 6 heteroatoms. The summed E-state index contributed by atoms with van der Waals surface area (Å²) in [5.74, 6) is 1.86. The van der Waals surface area contributed by atoms with Crippen LogP contribution in [0.5, 0.6) is 11.5 Å². The predicted molar refractivity (Wildman–Crippen MR) is 82.3 cm³/mol. The van der Waals surface area contributed by atoms with Crippen molar-refractivity contribution in [2.24, 2.45) is 0 Å². The Morgan fingerprint density at radius 3 is 2.95 bits per heavy atom. The number of fused-ring (bicyclic) bond motifs is 2. The van der Waals surface area contributed by atoms with Gasteiger partial charge in [-0.15, -0.1) is 0 Å². The Balaban J connectivity index is 1.79. The summed E-state index contributed by atoms with van der Waals surface area (Å²) < 4.78 is 12.7. The lowest BCUT2D eigenvalue weighted by Crippen LogP contribution is -2.05. The number of aromatic nitrogens is 2. The van der Waals surface area contributed by atoms with Crippen molar-refractivity contribution >= 4 is 22.6 Å². The molecule has 1 aliphatic rings. The molecule has 2 heterocycles. The zero-order valence-corrected chi connectivity index (χ0v) is 12.4. The number of ether oxygens (including phenoxy) is 2. The van der Waals surface area contributed by atoms with Crippen molar-refractivity contribution in [3.8, 4) is 11.5 Å². The average molecular weight is 317 g/mol. The number of imidazole rings is 1. The number of para-hydroxylation sites is 2. The maximum absolute atomic E-state index is 9.55. The minimum atomic E-state index is -0.118. The molecule has 1 N–H and O–H groups in total. The van der Waals surface area contributed by atoms with E-state index in [1.54, 1.807) is 0 Å². The van der Waals surface area contributed by atoms with Crippen LogP contribution in [-0.4, -0.2) is 21.5 Å². The average Bonchev–Trinajstić information content (AvgIpc) is 3.12. The summed E-state index contributed by atoms with van der Waals surface area (Å²) in [6, 6.07) is 11.6. The van der Waals surface area contributed by atoms with Gasteiger partial charge in [0.2, 0.25) is 6.79 Å². The molecule has 4 rings (SSSR count). The minimum Gasteiger partial charge on any atom is -0.454 e. The van der Waals surface area contributed by atoms with E-state index < -0.39 is 0 Å². The van der Waals surface area contributed by atoms with Crippen LogP contribution >= 0.6 is 11.6 Å². The van der Waals surface area contributed by atoms with Crippen LogP contribution in [0.2, 0.25) is 5.02 Å². The Kier molecular flexibility index (Phi) is 3.17. The Hall–Kier alpha value is -2.24. The van der Waals surface area contributed by atoms with E-state index in [0.29, 0.717) is 28.9 Å². The molecule has 0 amide bonds. The Labute approximate surface area is 131 Å². The van der Waals surface area contributed by atoms with Crippen molar-refractivity contribution in [2.75, 3.05) is 6.79 Å². The van der Waals surface area contributed by atoms with Crippen LogP contribution in [0, 0.1) is 0 Å². The first-order chi connectivity index (χ1) is 10.8.